The monoisotopic (exact) mass is 278 g/mol. The van der Waals surface area contributed by atoms with E-state index in [0.717, 1.165) is 0 Å². The largest absolute Gasteiger partial charge is 0.482 e. The molecule has 1 aromatic rings. The second kappa shape index (κ2) is 7.32. The van der Waals surface area contributed by atoms with E-state index in [2.05, 4.69) is 26.0 Å². The van der Waals surface area contributed by atoms with Crippen molar-refractivity contribution in [1.29, 1.82) is 0 Å². The van der Waals surface area contributed by atoms with Gasteiger partial charge >= 0.3 is 5.97 Å². The molecule has 0 aliphatic heterocycles. The topological polar surface area (TPSA) is 35.5 Å². The van der Waals surface area contributed by atoms with Gasteiger partial charge in [0.15, 0.2) is 6.61 Å². The molecule has 1 aromatic carbocycles. The van der Waals surface area contributed by atoms with Gasteiger partial charge in [0.25, 0.3) is 0 Å². The maximum Gasteiger partial charge on any atom is 0.344 e. The SMILES string of the molecule is CCCC(C)c1ccc(OCC(=O)OC(C)(C)C)cc1. The van der Waals surface area contributed by atoms with Gasteiger partial charge in [-0.1, -0.05) is 32.4 Å². The van der Waals surface area contributed by atoms with Gasteiger partial charge in [0.05, 0.1) is 0 Å². The van der Waals surface area contributed by atoms with E-state index in [1.165, 1.54) is 18.4 Å². The summed E-state index contributed by atoms with van der Waals surface area (Å²) in [6.07, 6.45) is 2.36. The number of benzene rings is 1. The van der Waals surface area contributed by atoms with Gasteiger partial charge in [-0.2, -0.15) is 0 Å². The summed E-state index contributed by atoms with van der Waals surface area (Å²) in [5, 5.41) is 0. The van der Waals surface area contributed by atoms with Crippen molar-refractivity contribution in [3.8, 4) is 5.75 Å². The van der Waals surface area contributed by atoms with Gasteiger partial charge in [-0.25, -0.2) is 4.79 Å². The molecule has 1 unspecified atom stereocenters. The van der Waals surface area contributed by atoms with Crippen molar-refractivity contribution < 1.29 is 14.3 Å². The van der Waals surface area contributed by atoms with E-state index in [1.807, 2.05) is 32.9 Å². The minimum absolute atomic E-state index is 0.0544. The van der Waals surface area contributed by atoms with Crippen LogP contribution >= 0.6 is 0 Å². The van der Waals surface area contributed by atoms with Crippen LogP contribution in [0.5, 0.6) is 5.75 Å². The Morgan fingerprint density at radius 2 is 1.80 bits per heavy atom. The van der Waals surface area contributed by atoms with Crippen LogP contribution in [0.1, 0.15) is 58.9 Å². The minimum atomic E-state index is -0.472. The second-order valence-electron chi connectivity index (χ2n) is 6.13. The van der Waals surface area contributed by atoms with Gasteiger partial charge in [-0.15, -0.1) is 0 Å². The molecule has 0 fully saturated rings. The molecule has 0 saturated carbocycles. The second-order valence-corrected chi connectivity index (χ2v) is 6.13. The van der Waals surface area contributed by atoms with Crippen molar-refractivity contribution >= 4 is 5.97 Å². The molecule has 0 aromatic heterocycles. The molecule has 0 aliphatic carbocycles. The molecule has 112 valence electrons. The Kier molecular flexibility index (Phi) is 6.05. The van der Waals surface area contributed by atoms with E-state index in [4.69, 9.17) is 9.47 Å². The van der Waals surface area contributed by atoms with Crippen molar-refractivity contribution in [1.82, 2.24) is 0 Å². The molecule has 1 rings (SSSR count). The van der Waals surface area contributed by atoms with Crippen LogP contribution in [-0.4, -0.2) is 18.2 Å². The zero-order valence-corrected chi connectivity index (χ0v) is 13.2. The van der Waals surface area contributed by atoms with E-state index in [0.29, 0.717) is 11.7 Å². The fourth-order valence-electron chi connectivity index (χ4n) is 2.01. The highest BCUT2D eigenvalue weighted by molar-refractivity contribution is 5.71. The normalized spacial score (nSPS) is 12.8. The van der Waals surface area contributed by atoms with E-state index < -0.39 is 5.60 Å². The molecule has 1 atom stereocenters. The van der Waals surface area contributed by atoms with E-state index in [-0.39, 0.29) is 12.6 Å². The highest BCUT2D eigenvalue weighted by Gasteiger charge is 2.16. The fourth-order valence-corrected chi connectivity index (χ4v) is 2.01. The Morgan fingerprint density at radius 1 is 1.20 bits per heavy atom. The Morgan fingerprint density at radius 3 is 2.30 bits per heavy atom. The molecule has 0 bridgehead atoms. The van der Waals surface area contributed by atoms with Crippen LogP contribution in [0.15, 0.2) is 24.3 Å². The smallest absolute Gasteiger partial charge is 0.344 e. The molecule has 0 amide bonds. The molecular formula is C17H26O3. The molecule has 0 saturated heterocycles. The van der Waals surface area contributed by atoms with Crippen molar-refractivity contribution in [2.45, 2.75) is 59.0 Å². The predicted molar refractivity (Wildman–Crippen MR) is 81.1 cm³/mol. The number of ether oxygens (including phenoxy) is 2. The molecule has 0 N–H and O–H groups in total. The third-order valence-electron chi connectivity index (χ3n) is 2.95. The van der Waals surface area contributed by atoms with E-state index >= 15 is 0 Å². The highest BCUT2D eigenvalue weighted by Crippen LogP contribution is 2.23. The molecule has 0 radical (unpaired) electrons. The number of hydrogen-bond acceptors (Lipinski definition) is 3. The third kappa shape index (κ3) is 6.09. The first kappa shape index (κ1) is 16.5. The minimum Gasteiger partial charge on any atom is -0.482 e. The van der Waals surface area contributed by atoms with Crippen LogP contribution in [0, 0.1) is 0 Å². The molecule has 0 aliphatic rings. The van der Waals surface area contributed by atoms with Crippen molar-refractivity contribution in [2.24, 2.45) is 0 Å². The number of esters is 1. The van der Waals surface area contributed by atoms with Crippen LogP contribution in [0.3, 0.4) is 0 Å². The summed E-state index contributed by atoms with van der Waals surface area (Å²) in [6.45, 7) is 9.88. The summed E-state index contributed by atoms with van der Waals surface area (Å²) in [7, 11) is 0. The van der Waals surface area contributed by atoms with Crippen molar-refractivity contribution in [2.75, 3.05) is 6.61 Å². The molecule has 0 spiro atoms. The number of rotatable bonds is 6. The van der Waals surface area contributed by atoms with Crippen molar-refractivity contribution in [3.63, 3.8) is 0 Å². The first-order valence-electron chi connectivity index (χ1n) is 7.26. The maximum atomic E-state index is 11.5. The predicted octanol–water partition coefficient (Wildman–Crippen LogP) is 4.31. The zero-order chi connectivity index (χ0) is 15.2. The number of carbonyl (C=O) groups is 1. The fraction of sp³-hybridized carbons (Fsp3) is 0.588. The molecule has 20 heavy (non-hydrogen) atoms. The van der Waals surface area contributed by atoms with E-state index in [9.17, 15) is 4.79 Å². The standard InChI is InChI=1S/C17H26O3/c1-6-7-13(2)14-8-10-15(11-9-14)19-12-16(18)20-17(3,4)5/h8-11,13H,6-7,12H2,1-5H3. The molecule has 3 heteroatoms. The summed E-state index contributed by atoms with van der Waals surface area (Å²) in [5.41, 5.74) is 0.830. The van der Waals surface area contributed by atoms with Crippen LogP contribution in [0.4, 0.5) is 0 Å². The summed E-state index contributed by atoms with van der Waals surface area (Å²) in [6, 6.07) is 7.94. The lowest BCUT2D eigenvalue weighted by Crippen LogP contribution is -2.27. The van der Waals surface area contributed by atoms with Gasteiger partial charge in [-0.05, 0) is 50.8 Å². The van der Waals surface area contributed by atoms with E-state index in [1.54, 1.807) is 0 Å². The summed E-state index contributed by atoms with van der Waals surface area (Å²) in [5.74, 6) is 0.907. The van der Waals surface area contributed by atoms with Gasteiger partial charge in [0.1, 0.15) is 11.4 Å². The van der Waals surface area contributed by atoms with Crippen LogP contribution in [-0.2, 0) is 9.53 Å². The van der Waals surface area contributed by atoms with Crippen LogP contribution in [0.25, 0.3) is 0 Å². The maximum absolute atomic E-state index is 11.5. The third-order valence-corrected chi connectivity index (χ3v) is 2.95. The van der Waals surface area contributed by atoms with Crippen molar-refractivity contribution in [3.05, 3.63) is 29.8 Å². The Bertz CT molecular complexity index is 415. The average molecular weight is 278 g/mol. The van der Waals surface area contributed by atoms with Gasteiger partial charge in [0, 0.05) is 0 Å². The Balaban J connectivity index is 2.48. The average Bonchev–Trinajstić information content (AvgIpc) is 2.35. The summed E-state index contributed by atoms with van der Waals surface area (Å²) in [4.78, 5) is 11.5. The molecule has 0 heterocycles. The lowest BCUT2D eigenvalue weighted by Gasteiger charge is -2.19. The summed E-state index contributed by atoms with van der Waals surface area (Å²) >= 11 is 0. The highest BCUT2D eigenvalue weighted by atomic mass is 16.6. The lowest BCUT2D eigenvalue weighted by molar-refractivity contribution is -0.157. The van der Waals surface area contributed by atoms with Gasteiger partial charge < -0.3 is 9.47 Å². The Hall–Kier alpha value is -1.51. The first-order valence-corrected chi connectivity index (χ1v) is 7.26. The number of hydrogen-bond donors (Lipinski definition) is 0. The quantitative estimate of drug-likeness (QED) is 0.727. The molecule has 3 nitrogen and oxygen atoms in total. The zero-order valence-electron chi connectivity index (χ0n) is 13.2. The Labute approximate surface area is 122 Å². The van der Waals surface area contributed by atoms with Crippen LogP contribution in [0.2, 0.25) is 0 Å². The lowest BCUT2D eigenvalue weighted by atomic mass is 9.97. The number of carbonyl (C=O) groups excluding carboxylic acids is 1. The van der Waals surface area contributed by atoms with Gasteiger partial charge in [-0.3, -0.25) is 0 Å². The molecular weight excluding hydrogens is 252 g/mol. The van der Waals surface area contributed by atoms with Gasteiger partial charge in [0.2, 0.25) is 0 Å². The first-order chi connectivity index (χ1) is 9.31. The van der Waals surface area contributed by atoms with Crippen LogP contribution < -0.4 is 4.74 Å². The summed E-state index contributed by atoms with van der Waals surface area (Å²) < 4.78 is 10.6.